The van der Waals surface area contributed by atoms with Gasteiger partial charge in [0, 0.05) is 31.4 Å². The highest BCUT2D eigenvalue weighted by Crippen LogP contribution is 2.41. The zero-order valence-corrected chi connectivity index (χ0v) is 14.5. The Hall–Kier alpha value is -2.87. The number of nitrogens with two attached hydrogens (primary N) is 1. The Morgan fingerprint density at radius 3 is 2.81 bits per heavy atom. The van der Waals surface area contributed by atoms with Crippen LogP contribution < -0.4 is 16.1 Å². The minimum Gasteiger partial charge on any atom is -0.384 e. The van der Waals surface area contributed by atoms with Gasteiger partial charge in [0.25, 0.3) is 0 Å². The fourth-order valence-electron chi connectivity index (χ4n) is 3.60. The van der Waals surface area contributed by atoms with E-state index in [1.54, 1.807) is 12.3 Å². The number of fused-ring (bicyclic) bond motifs is 3. The van der Waals surface area contributed by atoms with Crippen molar-refractivity contribution in [1.82, 2.24) is 20.0 Å². The van der Waals surface area contributed by atoms with Crippen LogP contribution in [0.5, 0.6) is 0 Å². The molecule has 5 rings (SSSR count). The lowest BCUT2D eigenvalue weighted by Crippen LogP contribution is -2.37. The number of nitrogen functional groups attached to an aromatic ring is 1. The normalized spacial score (nSPS) is 18.8. The van der Waals surface area contributed by atoms with Gasteiger partial charge in [-0.3, -0.25) is 10.4 Å². The van der Waals surface area contributed by atoms with Gasteiger partial charge < -0.3 is 15.4 Å². The number of morpholine rings is 1. The first-order chi connectivity index (χ1) is 12.8. The van der Waals surface area contributed by atoms with Gasteiger partial charge in [-0.25, -0.2) is 15.0 Å². The Morgan fingerprint density at radius 1 is 1.12 bits per heavy atom. The van der Waals surface area contributed by atoms with Crippen molar-refractivity contribution >= 4 is 23.0 Å². The van der Waals surface area contributed by atoms with E-state index in [0.29, 0.717) is 24.9 Å². The zero-order chi connectivity index (χ0) is 17.5. The highest BCUT2D eigenvalue weighted by atomic mass is 16.5. The molecule has 8 nitrogen and oxygen atoms in total. The first-order valence-corrected chi connectivity index (χ1v) is 9.01. The molecule has 3 aliphatic rings. The molecule has 3 aliphatic heterocycles. The maximum absolute atomic E-state index is 5.73. The number of allylic oxidation sites excluding steroid dienone is 1. The van der Waals surface area contributed by atoms with Crippen molar-refractivity contribution in [3.63, 3.8) is 0 Å². The van der Waals surface area contributed by atoms with Crippen LogP contribution in [0.2, 0.25) is 0 Å². The molecule has 26 heavy (non-hydrogen) atoms. The van der Waals surface area contributed by atoms with Gasteiger partial charge in [0.15, 0.2) is 11.6 Å². The first-order valence-electron chi connectivity index (χ1n) is 9.01. The number of ether oxygens (including phenoxy) is 1. The van der Waals surface area contributed by atoms with Gasteiger partial charge in [0.05, 0.1) is 18.9 Å². The number of nitrogens with zero attached hydrogens (tertiary/aromatic N) is 5. The van der Waals surface area contributed by atoms with E-state index in [4.69, 9.17) is 20.4 Å². The summed E-state index contributed by atoms with van der Waals surface area (Å²) in [6.07, 6.45) is 6.20. The van der Waals surface area contributed by atoms with Crippen LogP contribution in [0.1, 0.15) is 18.5 Å². The quantitative estimate of drug-likeness (QED) is 0.845. The van der Waals surface area contributed by atoms with Gasteiger partial charge >= 0.3 is 0 Å². The van der Waals surface area contributed by atoms with Gasteiger partial charge in [-0.15, -0.1) is 0 Å². The molecule has 8 heteroatoms. The van der Waals surface area contributed by atoms with E-state index in [9.17, 15) is 0 Å². The molecular formula is C18H21N7O. The fraction of sp³-hybridized carbons (Fsp3) is 0.389. The van der Waals surface area contributed by atoms with E-state index < -0.39 is 0 Å². The zero-order valence-electron chi connectivity index (χ0n) is 14.5. The minimum atomic E-state index is 0.492. The number of aromatic nitrogens is 3. The molecule has 134 valence electrons. The van der Waals surface area contributed by atoms with Gasteiger partial charge in [-0.1, -0.05) is 6.08 Å². The van der Waals surface area contributed by atoms with E-state index in [0.717, 1.165) is 60.9 Å². The van der Waals surface area contributed by atoms with Crippen LogP contribution in [-0.4, -0.2) is 52.8 Å². The molecule has 0 saturated carbocycles. The Kier molecular flexibility index (Phi) is 3.63. The Balaban J connectivity index is 1.65. The van der Waals surface area contributed by atoms with Crippen LogP contribution in [0, 0.1) is 0 Å². The topological polar surface area (TPSA) is 92.4 Å². The second kappa shape index (κ2) is 6.14. The third-order valence-corrected chi connectivity index (χ3v) is 4.95. The summed E-state index contributed by atoms with van der Waals surface area (Å²) in [5.41, 5.74) is 13.2. The SMILES string of the molecule is Nc1ccc(-c2nc3c(c(N4CCOCC4)n2)NN2CCCC=C32)cn1. The van der Waals surface area contributed by atoms with Gasteiger partial charge in [-0.2, -0.15) is 0 Å². The molecule has 1 saturated heterocycles. The standard InChI is InChI=1S/C18H21N7O/c19-14-5-4-12(11-20-14)17-21-15-13-3-1-2-6-25(13)23-16(15)18(22-17)24-7-9-26-10-8-24/h3-5,11,23H,1-2,6-10H2,(H2,19,20). The molecule has 0 radical (unpaired) electrons. The lowest BCUT2D eigenvalue weighted by atomic mass is 10.1. The fourth-order valence-corrected chi connectivity index (χ4v) is 3.60. The lowest BCUT2D eigenvalue weighted by Gasteiger charge is -2.29. The highest BCUT2D eigenvalue weighted by Gasteiger charge is 2.32. The average Bonchev–Trinajstić information content (AvgIpc) is 3.07. The molecule has 0 atom stereocenters. The van der Waals surface area contributed by atoms with Crippen LogP contribution in [0.3, 0.4) is 0 Å². The van der Waals surface area contributed by atoms with E-state index in [1.165, 1.54) is 0 Å². The lowest BCUT2D eigenvalue weighted by molar-refractivity contribution is 0.122. The van der Waals surface area contributed by atoms with Crippen molar-refractivity contribution in [1.29, 1.82) is 0 Å². The van der Waals surface area contributed by atoms with Crippen molar-refractivity contribution < 1.29 is 4.74 Å². The number of rotatable bonds is 2. The molecule has 0 aromatic carbocycles. The summed E-state index contributed by atoms with van der Waals surface area (Å²) < 4.78 is 5.51. The molecule has 0 spiro atoms. The molecule has 5 heterocycles. The summed E-state index contributed by atoms with van der Waals surface area (Å²) in [7, 11) is 0. The molecule has 0 bridgehead atoms. The van der Waals surface area contributed by atoms with Crippen molar-refractivity contribution in [2.24, 2.45) is 0 Å². The number of hydrogen-bond donors (Lipinski definition) is 2. The summed E-state index contributed by atoms with van der Waals surface area (Å²) in [5.74, 6) is 2.10. The van der Waals surface area contributed by atoms with Crippen molar-refractivity contribution in [2.45, 2.75) is 12.8 Å². The molecule has 0 unspecified atom stereocenters. The van der Waals surface area contributed by atoms with Gasteiger partial charge in [-0.05, 0) is 25.0 Å². The minimum absolute atomic E-state index is 0.492. The molecule has 2 aromatic rings. The van der Waals surface area contributed by atoms with Gasteiger partial charge in [0.1, 0.15) is 17.2 Å². The van der Waals surface area contributed by atoms with E-state index in [2.05, 4.69) is 26.4 Å². The third kappa shape index (κ3) is 2.53. The summed E-state index contributed by atoms with van der Waals surface area (Å²) in [5, 5.41) is 2.18. The highest BCUT2D eigenvalue weighted by molar-refractivity contribution is 5.87. The molecule has 2 aromatic heterocycles. The maximum atomic E-state index is 5.73. The van der Waals surface area contributed by atoms with E-state index in [1.807, 2.05) is 6.07 Å². The second-order valence-corrected chi connectivity index (χ2v) is 6.66. The molecule has 3 N–H and O–H groups in total. The molecule has 0 amide bonds. The van der Waals surface area contributed by atoms with Crippen LogP contribution in [0.4, 0.5) is 17.3 Å². The number of anilines is 3. The maximum Gasteiger partial charge on any atom is 0.163 e. The number of hydrogen-bond acceptors (Lipinski definition) is 8. The third-order valence-electron chi connectivity index (χ3n) is 4.95. The summed E-state index contributed by atoms with van der Waals surface area (Å²) in [6, 6.07) is 3.70. The summed E-state index contributed by atoms with van der Waals surface area (Å²) in [6.45, 7) is 4.05. The van der Waals surface area contributed by atoms with Crippen molar-refractivity contribution in [3.05, 3.63) is 30.1 Å². The summed E-state index contributed by atoms with van der Waals surface area (Å²) >= 11 is 0. The predicted octanol–water partition coefficient (Wildman–Crippen LogP) is 1.73. The molecule has 0 aliphatic carbocycles. The number of pyridine rings is 1. The predicted molar refractivity (Wildman–Crippen MR) is 100 cm³/mol. The van der Waals surface area contributed by atoms with Gasteiger partial charge in [0.2, 0.25) is 0 Å². The van der Waals surface area contributed by atoms with Crippen molar-refractivity contribution in [3.8, 4) is 11.4 Å². The molecular weight excluding hydrogens is 330 g/mol. The van der Waals surface area contributed by atoms with E-state index in [-0.39, 0.29) is 0 Å². The largest absolute Gasteiger partial charge is 0.384 e. The summed E-state index contributed by atoms with van der Waals surface area (Å²) in [4.78, 5) is 16.2. The monoisotopic (exact) mass is 351 g/mol. The van der Waals surface area contributed by atoms with Crippen LogP contribution in [0.15, 0.2) is 24.4 Å². The Labute approximate surface area is 151 Å². The van der Waals surface area contributed by atoms with E-state index >= 15 is 0 Å². The van der Waals surface area contributed by atoms with Crippen LogP contribution in [-0.2, 0) is 4.74 Å². The van der Waals surface area contributed by atoms with Crippen LogP contribution in [0.25, 0.3) is 17.1 Å². The smallest absolute Gasteiger partial charge is 0.163 e. The van der Waals surface area contributed by atoms with Crippen LogP contribution >= 0.6 is 0 Å². The Morgan fingerprint density at radius 2 is 2.00 bits per heavy atom. The number of nitrogens with one attached hydrogen (secondary N) is 1. The molecule has 1 fully saturated rings. The van der Waals surface area contributed by atoms with Crippen molar-refractivity contribution in [2.75, 3.05) is 48.9 Å². The second-order valence-electron chi connectivity index (χ2n) is 6.66. The Bertz CT molecular complexity index is 859. The average molecular weight is 351 g/mol. The first kappa shape index (κ1) is 15.4. The number of hydrazine groups is 1.